The van der Waals surface area contributed by atoms with Crippen LogP contribution in [0.3, 0.4) is 0 Å². The van der Waals surface area contributed by atoms with Gasteiger partial charge in [-0.05, 0) is 18.2 Å². The average molecular weight is 261 g/mol. The number of anilines is 1. The summed E-state index contributed by atoms with van der Waals surface area (Å²) >= 11 is 0. The first-order valence-electron chi connectivity index (χ1n) is 5.89. The lowest BCUT2D eigenvalue weighted by Gasteiger charge is -2.11. The Kier molecular flexibility index (Phi) is 2.70. The highest BCUT2D eigenvalue weighted by atomic mass is 19.1. The summed E-state index contributed by atoms with van der Waals surface area (Å²) in [4.78, 5) is 11.7. The molecule has 1 aliphatic rings. The molecule has 5 nitrogen and oxygen atoms in total. The zero-order valence-corrected chi connectivity index (χ0v) is 10.0. The van der Waals surface area contributed by atoms with E-state index in [-0.39, 0.29) is 17.5 Å². The minimum absolute atomic E-state index is 0.217. The van der Waals surface area contributed by atoms with E-state index in [1.165, 1.54) is 29.1 Å². The van der Waals surface area contributed by atoms with Gasteiger partial charge in [-0.3, -0.25) is 4.79 Å². The Hall–Kier alpha value is -2.37. The number of rotatable bonds is 2. The highest BCUT2D eigenvalue weighted by Gasteiger charge is 2.24. The Morgan fingerprint density at radius 2 is 2.32 bits per heavy atom. The molecule has 0 amide bonds. The molecule has 0 radical (unpaired) electrons. The summed E-state index contributed by atoms with van der Waals surface area (Å²) in [5, 5.41) is 3.95. The topological polar surface area (TPSA) is 70.1 Å². The van der Waals surface area contributed by atoms with E-state index in [0.717, 1.165) is 5.56 Å². The van der Waals surface area contributed by atoms with Crippen molar-refractivity contribution >= 4 is 5.69 Å². The first-order chi connectivity index (χ1) is 9.11. The van der Waals surface area contributed by atoms with Crippen molar-refractivity contribution in [1.82, 2.24) is 9.78 Å². The fourth-order valence-electron chi connectivity index (χ4n) is 2.17. The number of nitrogens with two attached hydrogens (primary N) is 1. The van der Waals surface area contributed by atoms with E-state index >= 15 is 0 Å². The van der Waals surface area contributed by atoms with E-state index in [1.807, 2.05) is 0 Å². The molecule has 0 bridgehead atoms. The van der Waals surface area contributed by atoms with Gasteiger partial charge in [-0.1, -0.05) is 0 Å². The molecule has 1 aromatic heterocycles. The zero-order chi connectivity index (χ0) is 13.4. The summed E-state index contributed by atoms with van der Waals surface area (Å²) in [5.74, 6) is 0.376. The molecular formula is C13H12FN3O2. The maximum Gasteiger partial charge on any atom is 0.268 e. The largest absolute Gasteiger partial charge is 0.488 e. The first-order valence-corrected chi connectivity index (χ1v) is 5.89. The molecule has 0 saturated carbocycles. The van der Waals surface area contributed by atoms with Crippen LogP contribution >= 0.6 is 0 Å². The number of benzene rings is 1. The number of fused-ring (bicyclic) bond motifs is 1. The van der Waals surface area contributed by atoms with E-state index in [2.05, 4.69) is 5.10 Å². The SMILES string of the molecule is Nc1cnn(CC2Cc3cc(F)ccc3O2)c(=O)c1. The molecule has 0 aliphatic carbocycles. The van der Waals surface area contributed by atoms with Gasteiger partial charge in [0.25, 0.3) is 5.56 Å². The normalized spacial score (nSPS) is 17.0. The molecule has 98 valence electrons. The fraction of sp³-hybridized carbons (Fsp3) is 0.231. The van der Waals surface area contributed by atoms with Crippen LogP contribution < -0.4 is 16.0 Å². The summed E-state index contributed by atoms with van der Waals surface area (Å²) < 4.78 is 20.0. The third-order valence-electron chi connectivity index (χ3n) is 3.03. The molecule has 19 heavy (non-hydrogen) atoms. The fourth-order valence-corrected chi connectivity index (χ4v) is 2.17. The van der Waals surface area contributed by atoms with Crippen LogP contribution in [0.25, 0.3) is 0 Å². The van der Waals surface area contributed by atoms with Gasteiger partial charge in [0.1, 0.15) is 17.7 Å². The van der Waals surface area contributed by atoms with Crippen molar-refractivity contribution in [2.45, 2.75) is 19.1 Å². The van der Waals surface area contributed by atoms with Gasteiger partial charge in [0.2, 0.25) is 0 Å². The number of hydrogen-bond acceptors (Lipinski definition) is 4. The summed E-state index contributed by atoms with van der Waals surface area (Å²) in [5.41, 5.74) is 6.35. The van der Waals surface area contributed by atoms with Crippen molar-refractivity contribution < 1.29 is 9.13 Å². The first kappa shape index (κ1) is 11.7. The van der Waals surface area contributed by atoms with Gasteiger partial charge in [0.05, 0.1) is 18.4 Å². The lowest BCUT2D eigenvalue weighted by Crippen LogP contribution is -2.30. The van der Waals surface area contributed by atoms with Crippen molar-refractivity contribution in [1.29, 1.82) is 0 Å². The Balaban J connectivity index is 1.78. The van der Waals surface area contributed by atoms with Crippen molar-refractivity contribution in [3.8, 4) is 5.75 Å². The standard InChI is InChI=1S/C13H12FN3O2/c14-9-1-2-12-8(3-9)4-11(19-12)7-17-13(18)5-10(15)6-16-17/h1-3,5-6,11H,4,7,15H2. The van der Waals surface area contributed by atoms with Crippen LogP contribution in [-0.4, -0.2) is 15.9 Å². The lowest BCUT2D eigenvalue weighted by atomic mass is 10.1. The Bertz CT molecular complexity index is 684. The molecule has 1 aromatic carbocycles. The molecule has 0 saturated heterocycles. The van der Waals surface area contributed by atoms with E-state index in [0.29, 0.717) is 24.4 Å². The van der Waals surface area contributed by atoms with Crippen LogP contribution in [0.4, 0.5) is 10.1 Å². The van der Waals surface area contributed by atoms with E-state index in [1.54, 1.807) is 6.07 Å². The predicted molar refractivity (Wildman–Crippen MR) is 67.4 cm³/mol. The van der Waals surface area contributed by atoms with Gasteiger partial charge >= 0.3 is 0 Å². The van der Waals surface area contributed by atoms with Crippen LogP contribution in [0, 0.1) is 5.82 Å². The van der Waals surface area contributed by atoms with Gasteiger partial charge in [0, 0.05) is 18.1 Å². The van der Waals surface area contributed by atoms with Crippen molar-refractivity contribution in [2.75, 3.05) is 5.73 Å². The molecule has 1 atom stereocenters. The van der Waals surface area contributed by atoms with Gasteiger partial charge in [-0.25, -0.2) is 9.07 Å². The number of nitrogen functional groups attached to an aromatic ring is 1. The minimum atomic E-state index is -0.286. The highest BCUT2D eigenvalue weighted by molar-refractivity contribution is 5.37. The maximum absolute atomic E-state index is 13.1. The van der Waals surface area contributed by atoms with E-state index in [4.69, 9.17) is 10.5 Å². The van der Waals surface area contributed by atoms with Crippen LogP contribution in [0.1, 0.15) is 5.56 Å². The van der Waals surface area contributed by atoms with E-state index in [9.17, 15) is 9.18 Å². The van der Waals surface area contributed by atoms with E-state index < -0.39 is 0 Å². The molecule has 2 aromatic rings. The Morgan fingerprint density at radius 3 is 3.11 bits per heavy atom. The second-order valence-electron chi connectivity index (χ2n) is 4.51. The number of nitrogens with zero attached hydrogens (tertiary/aromatic N) is 2. The zero-order valence-electron chi connectivity index (χ0n) is 10.0. The third kappa shape index (κ3) is 2.29. The third-order valence-corrected chi connectivity index (χ3v) is 3.03. The summed E-state index contributed by atoms with van der Waals surface area (Å²) in [6, 6.07) is 5.72. The van der Waals surface area contributed by atoms with Gasteiger partial charge < -0.3 is 10.5 Å². The minimum Gasteiger partial charge on any atom is -0.488 e. The van der Waals surface area contributed by atoms with Crippen molar-refractivity contribution in [3.63, 3.8) is 0 Å². The summed E-state index contributed by atoms with van der Waals surface area (Å²) in [6.45, 7) is 0.315. The van der Waals surface area contributed by atoms with Crippen LogP contribution in [0.5, 0.6) is 5.75 Å². The molecule has 1 unspecified atom stereocenters. The summed E-state index contributed by atoms with van der Waals surface area (Å²) in [7, 11) is 0. The molecular weight excluding hydrogens is 249 g/mol. The predicted octanol–water partition coefficient (Wildman–Crippen LogP) is 0.968. The van der Waals surface area contributed by atoms with Crippen LogP contribution in [0.2, 0.25) is 0 Å². The van der Waals surface area contributed by atoms with Crippen molar-refractivity contribution in [2.24, 2.45) is 0 Å². The Morgan fingerprint density at radius 1 is 1.47 bits per heavy atom. The summed E-state index contributed by atoms with van der Waals surface area (Å²) in [6.07, 6.45) is 1.76. The average Bonchev–Trinajstić information content (AvgIpc) is 2.74. The Labute approximate surface area is 108 Å². The molecule has 6 heteroatoms. The van der Waals surface area contributed by atoms with Gasteiger partial charge in [-0.15, -0.1) is 0 Å². The molecule has 3 rings (SSSR count). The lowest BCUT2D eigenvalue weighted by molar-refractivity contribution is 0.200. The quantitative estimate of drug-likeness (QED) is 0.874. The number of hydrogen-bond donors (Lipinski definition) is 1. The van der Waals surface area contributed by atoms with Gasteiger partial charge in [-0.2, -0.15) is 5.10 Å². The van der Waals surface area contributed by atoms with Crippen LogP contribution in [0.15, 0.2) is 35.3 Å². The molecule has 2 heterocycles. The number of aromatic nitrogens is 2. The monoisotopic (exact) mass is 261 g/mol. The number of ether oxygens (including phenoxy) is 1. The maximum atomic E-state index is 13.1. The molecule has 0 fully saturated rings. The second-order valence-corrected chi connectivity index (χ2v) is 4.51. The van der Waals surface area contributed by atoms with Gasteiger partial charge in [0.15, 0.2) is 0 Å². The second kappa shape index (κ2) is 4.38. The molecule has 2 N–H and O–H groups in total. The molecule has 0 spiro atoms. The van der Waals surface area contributed by atoms with Crippen LogP contribution in [-0.2, 0) is 13.0 Å². The number of halogens is 1. The highest BCUT2D eigenvalue weighted by Crippen LogP contribution is 2.29. The smallest absolute Gasteiger partial charge is 0.268 e. The molecule has 1 aliphatic heterocycles. The van der Waals surface area contributed by atoms with Crippen molar-refractivity contribution in [3.05, 3.63) is 52.2 Å².